The molecule has 0 radical (unpaired) electrons. The molecule has 0 saturated carbocycles. The van der Waals surface area contributed by atoms with Gasteiger partial charge in [-0.25, -0.2) is 4.79 Å². The molecule has 14 heavy (non-hydrogen) atoms. The van der Waals surface area contributed by atoms with Crippen LogP contribution in [0, 0.1) is 0 Å². The summed E-state index contributed by atoms with van der Waals surface area (Å²) in [5.41, 5.74) is 0. The molecule has 5 heteroatoms. The Bertz CT molecular complexity index is 246. The van der Waals surface area contributed by atoms with Gasteiger partial charge in [0.15, 0.2) is 0 Å². The van der Waals surface area contributed by atoms with Gasteiger partial charge in [0.1, 0.15) is 6.04 Å². The molecule has 0 bridgehead atoms. The predicted molar refractivity (Wildman–Crippen MR) is 55.2 cm³/mol. The summed E-state index contributed by atoms with van der Waals surface area (Å²) in [7, 11) is 0. The van der Waals surface area contributed by atoms with Crippen LogP contribution in [0.25, 0.3) is 0 Å². The van der Waals surface area contributed by atoms with E-state index in [0.29, 0.717) is 6.54 Å². The van der Waals surface area contributed by atoms with Gasteiger partial charge in [-0.15, -0.1) is 0 Å². The molecule has 2 aliphatic heterocycles. The maximum absolute atomic E-state index is 11.8. The van der Waals surface area contributed by atoms with E-state index >= 15 is 0 Å². The highest BCUT2D eigenvalue weighted by Gasteiger charge is 2.45. The average Bonchev–Trinajstić information content (AvgIpc) is 2.45. The van der Waals surface area contributed by atoms with Crippen LogP contribution in [0.15, 0.2) is 0 Å². The third-order valence-electron chi connectivity index (χ3n) is 2.60. The third-order valence-corrected chi connectivity index (χ3v) is 3.63. The van der Waals surface area contributed by atoms with Crippen LogP contribution in [0.3, 0.4) is 0 Å². The number of thioether (sulfide) groups is 1. The van der Waals surface area contributed by atoms with Gasteiger partial charge in [-0.2, -0.15) is 11.8 Å². The standard InChI is InChI=1S/C9H14N2O2S/c1-2-3-11-8(12)7-6-14-5-4-10(7)9(11)13/h7H,2-6H2,1H3. The lowest BCUT2D eigenvalue weighted by Crippen LogP contribution is -2.41. The first-order valence-corrected chi connectivity index (χ1v) is 6.11. The zero-order chi connectivity index (χ0) is 10.1. The normalized spacial score (nSPS) is 27.1. The fourth-order valence-corrected chi connectivity index (χ4v) is 2.93. The minimum absolute atomic E-state index is 0.00375. The summed E-state index contributed by atoms with van der Waals surface area (Å²) in [6, 6.07) is -0.255. The maximum Gasteiger partial charge on any atom is 0.327 e. The number of nitrogens with zero attached hydrogens (tertiary/aromatic N) is 2. The third kappa shape index (κ3) is 1.39. The topological polar surface area (TPSA) is 40.6 Å². The molecule has 0 spiro atoms. The molecule has 2 saturated heterocycles. The van der Waals surface area contributed by atoms with Crippen LogP contribution in [-0.2, 0) is 4.79 Å². The second kappa shape index (κ2) is 3.81. The number of carbonyl (C=O) groups is 2. The summed E-state index contributed by atoms with van der Waals surface area (Å²) >= 11 is 1.76. The Labute approximate surface area is 87.6 Å². The first-order valence-electron chi connectivity index (χ1n) is 4.95. The Morgan fingerprint density at radius 2 is 2.29 bits per heavy atom. The molecule has 4 nitrogen and oxygen atoms in total. The zero-order valence-electron chi connectivity index (χ0n) is 8.23. The Morgan fingerprint density at radius 3 is 2.93 bits per heavy atom. The van der Waals surface area contributed by atoms with E-state index in [0.717, 1.165) is 24.5 Å². The molecule has 0 N–H and O–H groups in total. The van der Waals surface area contributed by atoms with Crippen molar-refractivity contribution in [3.05, 3.63) is 0 Å². The minimum atomic E-state index is -0.173. The molecule has 0 aliphatic carbocycles. The summed E-state index contributed by atoms with van der Waals surface area (Å²) in [5, 5.41) is 0. The molecule has 0 aromatic rings. The Morgan fingerprint density at radius 1 is 1.50 bits per heavy atom. The van der Waals surface area contributed by atoms with E-state index < -0.39 is 0 Å². The number of imide groups is 1. The molecule has 2 heterocycles. The van der Waals surface area contributed by atoms with Crippen LogP contribution < -0.4 is 0 Å². The van der Waals surface area contributed by atoms with Gasteiger partial charge in [0.2, 0.25) is 0 Å². The summed E-state index contributed by atoms with van der Waals surface area (Å²) in [4.78, 5) is 26.7. The molecule has 3 amide bonds. The second-order valence-electron chi connectivity index (χ2n) is 3.56. The van der Waals surface area contributed by atoms with Crippen molar-refractivity contribution in [1.29, 1.82) is 0 Å². The van der Waals surface area contributed by atoms with Crippen LogP contribution in [0.4, 0.5) is 4.79 Å². The van der Waals surface area contributed by atoms with Crippen molar-refractivity contribution in [3.8, 4) is 0 Å². The lowest BCUT2D eigenvalue weighted by Gasteiger charge is -2.25. The minimum Gasteiger partial charge on any atom is -0.311 e. The van der Waals surface area contributed by atoms with E-state index in [1.165, 1.54) is 4.90 Å². The van der Waals surface area contributed by atoms with E-state index in [4.69, 9.17) is 0 Å². The zero-order valence-corrected chi connectivity index (χ0v) is 9.05. The summed E-state index contributed by atoms with van der Waals surface area (Å²) < 4.78 is 0. The molecule has 0 aromatic heterocycles. The van der Waals surface area contributed by atoms with E-state index in [1.54, 1.807) is 16.7 Å². The van der Waals surface area contributed by atoms with Crippen molar-refractivity contribution in [2.75, 3.05) is 24.6 Å². The lowest BCUT2D eigenvalue weighted by molar-refractivity contribution is -0.127. The van der Waals surface area contributed by atoms with Crippen LogP contribution in [-0.4, -0.2) is 52.4 Å². The Balaban J connectivity index is 2.15. The summed E-state index contributed by atoms with van der Waals surface area (Å²) in [6.45, 7) is 3.27. The van der Waals surface area contributed by atoms with Crippen molar-refractivity contribution in [1.82, 2.24) is 9.80 Å². The van der Waals surface area contributed by atoms with Gasteiger partial charge in [0, 0.05) is 24.6 Å². The highest BCUT2D eigenvalue weighted by atomic mass is 32.2. The van der Waals surface area contributed by atoms with Crippen molar-refractivity contribution >= 4 is 23.7 Å². The van der Waals surface area contributed by atoms with Crippen molar-refractivity contribution in [2.45, 2.75) is 19.4 Å². The van der Waals surface area contributed by atoms with Gasteiger partial charge in [0.05, 0.1) is 0 Å². The van der Waals surface area contributed by atoms with Crippen LogP contribution >= 0.6 is 11.8 Å². The number of amides is 3. The van der Waals surface area contributed by atoms with Gasteiger partial charge >= 0.3 is 6.03 Å². The van der Waals surface area contributed by atoms with E-state index in [9.17, 15) is 9.59 Å². The molecule has 0 aromatic carbocycles. The number of fused-ring (bicyclic) bond motifs is 1. The number of urea groups is 1. The molecule has 1 atom stereocenters. The number of rotatable bonds is 2. The van der Waals surface area contributed by atoms with Gasteiger partial charge in [-0.1, -0.05) is 6.92 Å². The molecule has 2 rings (SSSR count). The maximum atomic E-state index is 11.8. The van der Waals surface area contributed by atoms with E-state index in [2.05, 4.69) is 0 Å². The molecule has 2 fully saturated rings. The van der Waals surface area contributed by atoms with Gasteiger partial charge in [0.25, 0.3) is 5.91 Å². The lowest BCUT2D eigenvalue weighted by atomic mass is 10.3. The smallest absolute Gasteiger partial charge is 0.311 e. The van der Waals surface area contributed by atoms with Crippen LogP contribution in [0.5, 0.6) is 0 Å². The Hall–Kier alpha value is -0.710. The SMILES string of the molecule is CCCN1C(=O)C2CSCCN2C1=O. The van der Waals surface area contributed by atoms with Gasteiger partial charge < -0.3 is 4.90 Å². The van der Waals surface area contributed by atoms with Crippen molar-refractivity contribution < 1.29 is 9.59 Å². The van der Waals surface area contributed by atoms with E-state index in [1.807, 2.05) is 6.92 Å². The number of hydrogen-bond donors (Lipinski definition) is 0. The molecular weight excluding hydrogens is 200 g/mol. The second-order valence-corrected chi connectivity index (χ2v) is 4.71. The highest BCUT2D eigenvalue weighted by Crippen LogP contribution is 2.25. The molecular formula is C9H14N2O2S. The quantitative estimate of drug-likeness (QED) is 0.638. The Kier molecular flexibility index (Phi) is 2.67. The van der Waals surface area contributed by atoms with Crippen LogP contribution in [0.2, 0.25) is 0 Å². The first kappa shape index (κ1) is 9.83. The summed E-state index contributed by atoms with van der Waals surface area (Å²) in [6.07, 6.45) is 0.838. The van der Waals surface area contributed by atoms with Crippen molar-refractivity contribution in [3.63, 3.8) is 0 Å². The van der Waals surface area contributed by atoms with Gasteiger partial charge in [-0.05, 0) is 6.42 Å². The molecule has 1 unspecified atom stereocenters. The van der Waals surface area contributed by atoms with Gasteiger partial charge in [-0.3, -0.25) is 9.69 Å². The number of carbonyl (C=O) groups excluding carboxylic acids is 2. The summed E-state index contributed by atoms with van der Waals surface area (Å²) in [5.74, 6) is 1.73. The fraction of sp³-hybridized carbons (Fsp3) is 0.778. The predicted octanol–water partition coefficient (Wildman–Crippen LogP) is 0.776. The molecule has 2 aliphatic rings. The average molecular weight is 214 g/mol. The monoisotopic (exact) mass is 214 g/mol. The van der Waals surface area contributed by atoms with E-state index in [-0.39, 0.29) is 18.0 Å². The highest BCUT2D eigenvalue weighted by molar-refractivity contribution is 7.99. The largest absolute Gasteiger partial charge is 0.327 e. The molecule has 78 valence electrons. The van der Waals surface area contributed by atoms with Crippen molar-refractivity contribution in [2.24, 2.45) is 0 Å². The van der Waals surface area contributed by atoms with Crippen LogP contribution in [0.1, 0.15) is 13.3 Å². The fourth-order valence-electron chi connectivity index (χ4n) is 1.90. The number of hydrogen-bond acceptors (Lipinski definition) is 3. The first-order chi connectivity index (χ1) is 6.75.